The first-order valence-corrected chi connectivity index (χ1v) is 34.4. The van der Waals surface area contributed by atoms with E-state index in [1.54, 1.807) is 0 Å². The minimum absolute atomic E-state index is 0.0783. The summed E-state index contributed by atoms with van der Waals surface area (Å²) in [5.74, 6) is 2.91. The molecule has 16 rings (SSSR count). The van der Waals surface area contributed by atoms with Gasteiger partial charge in [-0.15, -0.1) is 0 Å². The number of nitrogens with zero attached hydrogens (tertiary/aromatic N) is 8. The molecule has 8 nitrogen and oxygen atoms in total. The van der Waals surface area contributed by atoms with Gasteiger partial charge in [0.25, 0.3) is 6.71 Å². The van der Waals surface area contributed by atoms with Crippen molar-refractivity contribution in [3.05, 3.63) is 307 Å². The fourth-order valence-corrected chi connectivity index (χ4v) is 14.1. The Morgan fingerprint density at radius 2 is 0.710 bits per heavy atom. The quantitative estimate of drug-likeness (QED) is 0.118. The second-order valence-electron chi connectivity index (χ2n) is 28.9. The van der Waals surface area contributed by atoms with E-state index in [1.807, 2.05) is 146 Å². The molecular weight excluding hydrogens is 1240 g/mol. The van der Waals surface area contributed by atoms with Crippen LogP contribution in [0.3, 0.4) is 0 Å². The molecule has 2 aliphatic rings. The number of fused-ring (bicyclic) bond motifs is 4. The van der Waals surface area contributed by atoms with Crippen molar-refractivity contribution in [1.82, 2.24) is 29.9 Å². The average Bonchev–Trinajstić information content (AvgIpc) is 0.688. The third-order valence-corrected chi connectivity index (χ3v) is 19.4. The monoisotopic (exact) mass is 1320 g/mol. The summed E-state index contributed by atoms with van der Waals surface area (Å²) in [6.45, 7) is 19.5. The zero-order chi connectivity index (χ0) is 73.0. The predicted octanol–water partition coefficient (Wildman–Crippen LogP) is 21.7. The zero-order valence-corrected chi connectivity index (χ0v) is 58.0. The van der Waals surface area contributed by atoms with Crippen molar-refractivity contribution < 1.29 is 6.85 Å². The van der Waals surface area contributed by atoms with Crippen LogP contribution >= 0.6 is 11.6 Å². The van der Waals surface area contributed by atoms with Crippen LogP contribution in [-0.2, 0) is 16.2 Å². The lowest BCUT2D eigenvalue weighted by Crippen LogP contribution is -2.61. The van der Waals surface area contributed by atoms with Gasteiger partial charge in [-0.3, -0.25) is 0 Å². The Balaban J connectivity index is 1.09. The van der Waals surface area contributed by atoms with Crippen molar-refractivity contribution >= 4 is 68.8 Å². The third kappa shape index (κ3) is 11.8. The number of rotatable bonds is 11. The molecule has 14 aromatic rings. The number of benzene rings is 12. The van der Waals surface area contributed by atoms with Gasteiger partial charge in [0.15, 0.2) is 34.9 Å². The van der Waals surface area contributed by atoms with E-state index in [0.717, 1.165) is 106 Å². The number of hydrogen-bond acceptors (Lipinski definition) is 8. The van der Waals surface area contributed by atoms with Crippen molar-refractivity contribution in [1.29, 1.82) is 0 Å². The van der Waals surface area contributed by atoms with Crippen LogP contribution in [0.2, 0.25) is 5.02 Å². The Morgan fingerprint density at radius 3 is 1.23 bits per heavy atom. The molecule has 4 heterocycles. The van der Waals surface area contributed by atoms with Crippen LogP contribution in [0.25, 0.3) is 102 Å². The van der Waals surface area contributed by atoms with Crippen LogP contribution in [0.1, 0.15) is 85.9 Å². The van der Waals surface area contributed by atoms with Gasteiger partial charge >= 0.3 is 0 Å². The summed E-state index contributed by atoms with van der Waals surface area (Å²) in [7, 11) is 0. The molecule has 0 aliphatic carbocycles. The predicted molar refractivity (Wildman–Crippen MR) is 417 cm³/mol. The van der Waals surface area contributed by atoms with Gasteiger partial charge < -0.3 is 9.80 Å². The van der Waals surface area contributed by atoms with Crippen molar-refractivity contribution in [3.63, 3.8) is 0 Å². The number of hydrogen-bond donors (Lipinski definition) is 0. The molecular formula is C90H74BClN8. The molecule has 0 atom stereocenters. The lowest BCUT2D eigenvalue weighted by Gasteiger charge is -2.45. The normalized spacial score (nSPS) is 13.3. The van der Waals surface area contributed by atoms with Crippen LogP contribution in [0.5, 0.6) is 0 Å². The molecule has 12 aromatic carbocycles. The van der Waals surface area contributed by atoms with E-state index in [2.05, 4.69) is 181 Å². The van der Waals surface area contributed by atoms with E-state index in [4.69, 9.17) is 45.6 Å². The molecule has 0 saturated heterocycles. The third-order valence-electron chi connectivity index (χ3n) is 19.2. The molecule has 0 N–H and O–H groups in total. The van der Waals surface area contributed by atoms with Crippen LogP contribution in [-0.4, -0.2) is 36.6 Å². The van der Waals surface area contributed by atoms with E-state index in [0.29, 0.717) is 62.5 Å². The SMILES string of the molecule is [2H]c1c([2H])c([2H])c(-c2ccc3c(c2)N(c2ccc(C(C)(C)C)cc2-c2nc(-c4ccccc4)nc(-c4ccccc4)n2)c2cc(-c4cccc(C(C)(C)C)c4)cc4c2B3c2ccc(Cl)cc2N4c2c(-c3ccccc3)cc(C(C)(C)C)cc2-c2nc(-c3ccccc3)nc(-c3ccccc3)n2)c([2H])c1[2H]. The van der Waals surface area contributed by atoms with Crippen molar-refractivity contribution in [2.24, 2.45) is 0 Å². The van der Waals surface area contributed by atoms with Crippen LogP contribution in [0.15, 0.2) is 285 Å². The Hall–Kier alpha value is -11.4. The number of halogens is 1. The van der Waals surface area contributed by atoms with Crippen LogP contribution < -0.4 is 26.2 Å². The molecule has 2 aromatic heterocycles. The maximum Gasteiger partial charge on any atom is 0.252 e. The highest BCUT2D eigenvalue weighted by atomic mass is 35.5. The summed E-state index contributed by atoms with van der Waals surface area (Å²) < 4.78 is 46.0. The second-order valence-corrected chi connectivity index (χ2v) is 29.4. The standard InChI is InChI=1S/C90H74BClN8/c1-88(2,3)66-42-28-41-63(49-66)65-51-78-80-79(52-65)100(81-70(58-31-18-11-19-32-58)54-68(90(7,8)9)55-72(81)87-97-84(61-37-24-14-25-38-61)94-85(98-87)62-39-26-15-27-40-62)77-56-69(92)45-47-74(77)91(80)73-46-43-64(57-29-16-10-17-30-57)50-76(73)99(78)75-48-44-67(89(4,5)6)53-71(75)86-95-82(59-33-20-12-21-34-59)93-83(96-86)60-35-22-13-23-36-60/h10-56H,1-9H3/i10D,16D,17D,29D,30D. The summed E-state index contributed by atoms with van der Waals surface area (Å²) in [5, 5.41) is 0.517. The average molecular weight is 1320 g/mol. The van der Waals surface area contributed by atoms with Gasteiger partial charge in [-0.25, -0.2) is 29.9 Å². The van der Waals surface area contributed by atoms with E-state index in [9.17, 15) is 2.74 Å². The molecule has 0 saturated carbocycles. The Kier molecular flexibility index (Phi) is 14.5. The lowest BCUT2D eigenvalue weighted by atomic mass is 9.33. The molecule has 0 amide bonds. The molecule has 2 aliphatic heterocycles. The van der Waals surface area contributed by atoms with Crippen LogP contribution in [0, 0.1) is 0 Å². The lowest BCUT2D eigenvalue weighted by molar-refractivity contribution is 0.590. The molecule has 0 fully saturated rings. The van der Waals surface area contributed by atoms with Gasteiger partial charge in [-0.05, 0) is 132 Å². The highest BCUT2D eigenvalue weighted by Gasteiger charge is 2.46. The first-order chi connectivity index (χ1) is 50.4. The topological polar surface area (TPSA) is 83.8 Å². The molecule has 0 unspecified atom stereocenters. The van der Waals surface area contributed by atoms with Crippen LogP contribution in [0.4, 0.5) is 34.1 Å². The van der Waals surface area contributed by atoms with E-state index in [1.165, 1.54) is 0 Å². The number of anilines is 6. The van der Waals surface area contributed by atoms with Gasteiger partial charge in [0.05, 0.1) is 18.2 Å². The van der Waals surface area contributed by atoms with Crippen molar-refractivity contribution in [2.75, 3.05) is 9.80 Å². The Morgan fingerprint density at radius 1 is 0.300 bits per heavy atom. The van der Waals surface area contributed by atoms with Gasteiger partial charge in [0, 0.05) is 66.7 Å². The van der Waals surface area contributed by atoms with Gasteiger partial charge in [-0.2, -0.15) is 0 Å². The Bertz CT molecular complexity index is 5630. The molecule has 0 spiro atoms. The van der Waals surface area contributed by atoms with Crippen molar-refractivity contribution in [3.8, 4) is 102 Å². The van der Waals surface area contributed by atoms with Gasteiger partial charge in [0.2, 0.25) is 0 Å². The molecule has 484 valence electrons. The van der Waals surface area contributed by atoms with Gasteiger partial charge in [0.1, 0.15) is 0 Å². The summed E-state index contributed by atoms with van der Waals surface area (Å²) in [6.07, 6.45) is 0. The highest BCUT2D eigenvalue weighted by molar-refractivity contribution is 7.00. The van der Waals surface area contributed by atoms with E-state index < -0.39 is 24.8 Å². The van der Waals surface area contributed by atoms with E-state index >= 15 is 0 Å². The molecule has 0 bridgehead atoms. The fraction of sp³-hybridized carbons (Fsp3) is 0.133. The fourth-order valence-electron chi connectivity index (χ4n) is 13.9. The number of aromatic nitrogens is 6. The minimum atomic E-state index is -0.526. The summed E-state index contributed by atoms with van der Waals surface area (Å²) in [4.78, 5) is 37.4. The Labute approximate surface area is 599 Å². The maximum atomic E-state index is 9.55. The molecule has 10 heteroatoms. The minimum Gasteiger partial charge on any atom is -0.311 e. The summed E-state index contributed by atoms with van der Waals surface area (Å²) >= 11 is 7.57. The summed E-state index contributed by atoms with van der Waals surface area (Å²) in [6, 6.07) is 85.6. The molecule has 0 radical (unpaired) electrons. The highest BCUT2D eigenvalue weighted by Crippen LogP contribution is 2.54. The first kappa shape index (κ1) is 57.7. The maximum absolute atomic E-state index is 9.55. The summed E-state index contributed by atoms with van der Waals surface area (Å²) in [5.41, 5.74) is 18.7. The largest absolute Gasteiger partial charge is 0.311 e. The van der Waals surface area contributed by atoms with E-state index in [-0.39, 0.29) is 33.9 Å². The first-order valence-electron chi connectivity index (χ1n) is 36.5. The molecule has 100 heavy (non-hydrogen) atoms. The smallest absolute Gasteiger partial charge is 0.252 e. The van der Waals surface area contributed by atoms with Crippen molar-refractivity contribution in [2.45, 2.75) is 78.6 Å². The van der Waals surface area contributed by atoms with Gasteiger partial charge in [-0.1, -0.05) is 304 Å². The second kappa shape index (κ2) is 25.2. The zero-order valence-electron chi connectivity index (χ0n) is 62.3.